The topological polar surface area (TPSA) is 111 Å². The van der Waals surface area contributed by atoms with Gasteiger partial charge in [0.15, 0.2) is 5.43 Å². The van der Waals surface area contributed by atoms with Crippen LogP contribution in [0.3, 0.4) is 0 Å². The summed E-state index contributed by atoms with van der Waals surface area (Å²) < 4.78 is 5.52. The van der Waals surface area contributed by atoms with Crippen LogP contribution in [0.5, 0.6) is 0 Å². The summed E-state index contributed by atoms with van der Waals surface area (Å²) in [6.07, 6.45) is -5.28. The molecule has 0 spiro atoms. The van der Waals surface area contributed by atoms with Crippen molar-refractivity contribution in [3.63, 3.8) is 0 Å². The Balaban J connectivity index is 1.91. The van der Waals surface area contributed by atoms with E-state index < -0.39 is 29.8 Å². The number of fused-ring (bicyclic) bond motifs is 1. The van der Waals surface area contributed by atoms with Crippen LogP contribution in [-0.4, -0.2) is 32.6 Å². The molecule has 4 atom stereocenters. The fourth-order valence-corrected chi connectivity index (χ4v) is 2.82. The first-order valence-electron chi connectivity index (χ1n) is 7.42. The van der Waals surface area contributed by atoms with Gasteiger partial charge in [-0.2, -0.15) is 0 Å². The number of aliphatic hydroxyl groups excluding tert-OH is 4. The fourth-order valence-electron chi connectivity index (χ4n) is 2.82. The molecule has 23 heavy (non-hydrogen) atoms. The monoisotopic (exact) mass is 318 g/mol. The van der Waals surface area contributed by atoms with Crippen LogP contribution in [0.15, 0.2) is 45.6 Å². The normalized spacial score (nSPS) is 26.8. The highest BCUT2D eigenvalue weighted by Crippen LogP contribution is 2.35. The van der Waals surface area contributed by atoms with E-state index in [2.05, 4.69) is 0 Å². The van der Waals surface area contributed by atoms with E-state index in [1.807, 2.05) is 30.3 Å². The van der Waals surface area contributed by atoms with Crippen LogP contribution in [0.1, 0.15) is 34.9 Å². The van der Waals surface area contributed by atoms with Crippen molar-refractivity contribution >= 4 is 0 Å². The van der Waals surface area contributed by atoms with Gasteiger partial charge in [0.1, 0.15) is 35.9 Å². The standard InChI is InChI=1S/C17H18O6/c18-11-8-10(7-6-9-4-2-1-3-5-9)23-17-12(11)13(19)14(20)15(21)16(17)22/h1-5,8,13-16,19-22H,6-7H2/t13-,14+,15+,16-/m0/s1. The van der Waals surface area contributed by atoms with Crippen LogP contribution in [-0.2, 0) is 12.8 Å². The molecule has 0 bridgehead atoms. The number of aryl methyl sites for hydroxylation is 2. The van der Waals surface area contributed by atoms with Crippen LogP contribution >= 0.6 is 0 Å². The molecule has 122 valence electrons. The van der Waals surface area contributed by atoms with Crippen molar-refractivity contribution in [1.82, 2.24) is 0 Å². The molecule has 6 nitrogen and oxygen atoms in total. The van der Waals surface area contributed by atoms with Gasteiger partial charge in [0.25, 0.3) is 0 Å². The lowest BCUT2D eigenvalue weighted by molar-refractivity contribution is -0.128. The Morgan fingerprint density at radius 3 is 2.26 bits per heavy atom. The van der Waals surface area contributed by atoms with E-state index in [1.165, 1.54) is 6.07 Å². The number of hydrogen-bond acceptors (Lipinski definition) is 6. The minimum absolute atomic E-state index is 0.175. The summed E-state index contributed by atoms with van der Waals surface area (Å²) in [6, 6.07) is 10.9. The van der Waals surface area contributed by atoms with Crippen LogP contribution in [0.4, 0.5) is 0 Å². The quantitative estimate of drug-likeness (QED) is 0.644. The van der Waals surface area contributed by atoms with Gasteiger partial charge in [-0.15, -0.1) is 0 Å². The Hall–Kier alpha value is -1.99. The molecule has 1 aliphatic carbocycles. The molecule has 1 aromatic carbocycles. The van der Waals surface area contributed by atoms with E-state index in [1.54, 1.807) is 0 Å². The summed E-state index contributed by atoms with van der Waals surface area (Å²) in [4.78, 5) is 12.2. The van der Waals surface area contributed by atoms with Crippen LogP contribution in [0, 0.1) is 0 Å². The summed E-state index contributed by atoms with van der Waals surface area (Å²) in [5.74, 6) is 0.179. The predicted molar refractivity (Wildman–Crippen MR) is 80.8 cm³/mol. The highest BCUT2D eigenvalue weighted by atomic mass is 16.4. The van der Waals surface area contributed by atoms with Gasteiger partial charge in [-0.25, -0.2) is 0 Å². The number of aliphatic hydroxyl groups is 4. The predicted octanol–water partition coefficient (Wildman–Crippen LogP) is 0.227. The van der Waals surface area contributed by atoms with E-state index in [0.29, 0.717) is 18.6 Å². The smallest absolute Gasteiger partial charge is 0.191 e. The molecule has 0 aliphatic heterocycles. The number of rotatable bonds is 3. The lowest BCUT2D eigenvalue weighted by Gasteiger charge is -2.32. The average molecular weight is 318 g/mol. The van der Waals surface area contributed by atoms with E-state index in [4.69, 9.17) is 4.42 Å². The van der Waals surface area contributed by atoms with Crippen LogP contribution in [0.2, 0.25) is 0 Å². The van der Waals surface area contributed by atoms with Crippen molar-refractivity contribution < 1.29 is 24.8 Å². The van der Waals surface area contributed by atoms with Crippen molar-refractivity contribution in [3.05, 3.63) is 69.3 Å². The van der Waals surface area contributed by atoms with Gasteiger partial charge in [-0.05, 0) is 12.0 Å². The summed E-state index contributed by atoms with van der Waals surface area (Å²) in [7, 11) is 0. The second-order valence-electron chi connectivity index (χ2n) is 5.71. The van der Waals surface area contributed by atoms with E-state index in [-0.39, 0.29) is 11.3 Å². The molecule has 3 rings (SSSR count). The summed E-state index contributed by atoms with van der Waals surface area (Å²) in [5, 5.41) is 39.3. The lowest BCUT2D eigenvalue weighted by Crippen LogP contribution is -2.44. The van der Waals surface area contributed by atoms with E-state index in [0.717, 1.165) is 5.56 Å². The SMILES string of the molecule is O=c1cc(CCc2ccccc2)oc2c1[C@H](O)[C@@H](O)[C@@H](O)[C@@H]2O. The maximum atomic E-state index is 12.2. The molecule has 0 radical (unpaired) electrons. The van der Waals surface area contributed by atoms with Crippen LogP contribution < -0.4 is 5.43 Å². The summed E-state index contributed by atoms with van der Waals surface area (Å²) in [5.41, 5.74) is 0.356. The molecule has 0 amide bonds. The third-order valence-electron chi connectivity index (χ3n) is 4.13. The van der Waals surface area contributed by atoms with Gasteiger partial charge in [-0.1, -0.05) is 30.3 Å². The number of hydrogen-bond donors (Lipinski definition) is 4. The zero-order valence-electron chi connectivity index (χ0n) is 12.3. The van der Waals surface area contributed by atoms with Crippen molar-refractivity contribution in [2.45, 2.75) is 37.3 Å². The molecule has 0 fully saturated rings. The molecule has 0 saturated heterocycles. The first kappa shape index (κ1) is 15.9. The molecule has 6 heteroatoms. The molecule has 1 aliphatic rings. The Morgan fingerprint density at radius 2 is 1.57 bits per heavy atom. The minimum Gasteiger partial charge on any atom is -0.463 e. The fraction of sp³-hybridized carbons (Fsp3) is 0.353. The van der Waals surface area contributed by atoms with Crippen LogP contribution in [0.25, 0.3) is 0 Å². The second-order valence-corrected chi connectivity index (χ2v) is 5.71. The Morgan fingerprint density at radius 1 is 0.913 bits per heavy atom. The highest BCUT2D eigenvalue weighted by molar-refractivity contribution is 5.29. The first-order chi connectivity index (χ1) is 11.0. The van der Waals surface area contributed by atoms with Gasteiger partial charge in [0.2, 0.25) is 0 Å². The minimum atomic E-state index is -1.63. The molecular formula is C17H18O6. The largest absolute Gasteiger partial charge is 0.463 e. The maximum absolute atomic E-state index is 12.2. The zero-order chi connectivity index (χ0) is 16.6. The lowest BCUT2D eigenvalue weighted by atomic mass is 9.87. The third-order valence-corrected chi connectivity index (χ3v) is 4.13. The van der Waals surface area contributed by atoms with Crippen molar-refractivity contribution in [2.24, 2.45) is 0 Å². The maximum Gasteiger partial charge on any atom is 0.191 e. The van der Waals surface area contributed by atoms with Gasteiger partial charge in [-0.3, -0.25) is 4.79 Å². The first-order valence-corrected chi connectivity index (χ1v) is 7.42. The van der Waals surface area contributed by atoms with Gasteiger partial charge >= 0.3 is 0 Å². The Kier molecular flexibility index (Phi) is 4.32. The third kappa shape index (κ3) is 2.94. The zero-order valence-corrected chi connectivity index (χ0v) is 12.3. The van der Waals surface area contributed by atoms with Gasteiger partial charge < -0.3 is 24.8 Å². The Bertz CT molecular complexity index is 738. The Labute approximate surface area is 132 Å². The average Bonchev–Trinajstić information content (AvgIpc) is 2.56. The van der Waals surface area contributed by atoms with Gasteiger partial charge in [0.05, 0.1) is 5.56 Å². The molecular weight excluding hydrogens is 300 g/mol. The molecule has 2 aromatic rings. The molecule has 4 N–H and O–H groups in total. The van der Waals surface area contributed by atoms with Crippen molar-refractivity contribution in [1.29, 1.82) is 0 Å². The van der Waals surface area contributed by atoms with Gasteiger partial charge in [0, 0.05) is 12.5 Å². The summed E-state index contributed by atoms with van der Waals surface area (Å²) in [6.45, 7) is 0. The summed E-state index contributed by atoms with van der Waals surface area (Å²) >= 11 is 0. The highest BCUT2D eigenvalue weighted by Gasteiger charge is 2.43. The molecule has 1 aromatic heterocycles. The van der Waals surface area contributed by atoms with Crippen molar-refractivity contribution in [2.75, 3.05) is 0 Å². The second kappa shape index (κ2) is 6.25. The molecule has 0 saturated carbocycles. The molecule has 0 unspecified atom stereocenters. The van der Waals surface area contributed by atoms with Crippen molar-refractivity contribution in [3.8, 4) is 0 Å². The van der Waals surface area contributed by atoms with E-state index >= 15 is 0 Å². The molecule has 1 heterocycles. The van der Waals surface area contributed by atoms with E-state index in [9.17, 15) is 25.2 Å². The number of benzene rings is 1.